The Hall–Kier alpha value is -2.63. The summed E-state index contributed by atoms with van der Waals surface area (Å²) in [4.78, 5) is 14.2. The van der Waals surface area contributed by atoms with Crippen LogP contribution in [0.2, 0.25) is 0 Å². The molecule has 0 saturated heterocycles. The summed E-state index contributed by atoms with van der Waals surface area (Å²) < 4.78 is 1.87. The highest BCUT2D eigenvalue weighted by Crippen LogP contribution is 2.24. The lowest BCUT2D eigenvalue weighted by atomic mass is 10.1. The highest BCUT2D eigenvalue weighted by atomic mass is 35.5. The Morgan fingerprint density at radius 1 is 1.11 bits per heavy atom. The predicted octanol–water partition coefficient (Wildman–Crippen LogP) is 4.05. The van der Waals surface area contributed by atoms with Gasteiger partial charge in [-0.15, -0.1) is 12.4 Å². The van der Waals surface area contributed by atoms with Gasteiger partial charge >= 0.3 is 0 Å². The number of aromatic nitrogens is 2. The van der Waals surface area contributed by atoms with Gasteiger partial charge in [0.1, 0.15) is 0 Å². The van der Waals surface area contributed by atoms with Gasteiger partial charge in [-0.1, -0.05) is 48.5 Å². The number of hydrogen-bond donors (Lipinski definition) is 1. The smallest absolute Gasteiger partial charge is 0.222 e. The first kappa shape index (κ1) is 21.7. The Kier molecular flexibility index (Phi) is 7.79. The topological polar surface area (TPSA) is 64.2 Å². The maximum atomic E-state index is 12.4. The van der Waals surface area contributed by atoms with Crippen molar-refractivity contribution in [2.75, 3.05) is 7.05 Å². The van der Waals surface area contributed by atoms with E-state index in [0.717, 1.165) is 22.5 Å². The summed E-state index contributed by atoms with van der Waals surface area (Å²) >= 11 is 0. The van der Waals surface area contributed by atoms with Crippen LogP contribution < -0.4 is 5.73 Å². The van der Waals surface area contributed by atoms with Crippen molar-refractivity contribution < 1.29 is 4.79 Å². The molecule has 0 bridgehead atoms. The summed E-state index contributed by atoms with van der Waals surface area (Å²) in [6.07, 6.45) is 3.16. The molecule has 0 aliphatic rings. The van der Waals surface area contributed by atoms with Gasteiger partial charge < -0.3 is 10.6 Å². The number of carbonyl (C=O) groups is 1. The third kappa shape index (κ3) is 5.44. The largest absolute Gasteiger partial charge is 0.341 e. The van der Waals surface area contributed by atoms with Crippen LogP contribution in [0.25, 0.3) is 16.9 Å². The second-order valence-electron chi connectivity index (χ2n) is 6.91. The van der Waals surface area contributed by atoms with Crippen LogP contribution in [0.4, 0.5) is 0 Å². The van der Waals surface area contributed by atoms with E-state index < -0.39 is 0 Å². The lowest BCUT2D eigenvalue weighted by Crippen LogP contribution is -2.28. The maximum Gasteiger partial charge on any atom is 0.222 e. The summed E-state index contributed by atoms with van der Waals surface area (Å²) in [5, 5.41) is 4.80. The van der Waals surface area contributed by atoms with E-state index in [1.807, 2.05) is 85.5 Å². The fourth-order valence-corrected chi connectivity index (χ4v) is 2.96. The number of amides is 1. The molecule has 3 aromatic rings. The van der Waals surface area contributed by atoms with Gasteiger partial charge in [0, 0.05) is 43.4 Å². The average Bonchev–Trinajstić information content (AvgIpc) is 3.11. The molecule has 2 N–H and O–H groups in total. The average molecular weight is 399 g/mol. The summed E-state index contributed by atoms with van der Waals surface area (Å²) in [6, 6.07) is 20.1. The minimum Gasteiger partial charge on any atom is -0.341 e. The van der Waals surface area contributed by atoms with Crippen molar-refractivity contribution in [1.29, 1.82) is 0 Å². The second-order valence-corrected chi connectivity index (χ2v) is 6.91. The fraction of sp³-hybridized carbons (Fsp3) is 0.273. The van der Waals surface area contributed by atoms with Gasteiger partial charge in [0.15, 0.2) is 0 Å². The molecular formula is C22H27ClN4O. The van der Waals surface area contributed by atoms with Gasteiger partial charge in [-0.3, -0.25) is 4.79 Å². The van der Waals surface area contributed by atoms with Crippen molar-refractivity contribution in [1.82, 2.24) is 14.7 Å². The quantitative estimate of drug-likeness (QED) is 0.653. The Morgan fingerprint density at radius 3 is 2.32 bits per heavy atom. The molecule has 1 amide bonds. The molecule has 0 fully saturated rings. The van der Waals surface area contributed by atoms with Crippen LogP contribution in [0.15, 0.2) is 66.9 Å². The lowest BCUT2D eigenvalue weighted by Gasteiger charge is -2.17. The molecule has 0 aliphatic heterocycles. The molecule has 0 saturated carbocycles. The van der Waals surface area contributed by atoms with Gasteiger partial charge in [-0.05, 0) is 25.5 Å². The molecule has 0 radical (unpaired) electrons. The molecule has 1 atom stereocenters. The lowest BCUT2D eigenvalue weighted by molar-refractivity contribution is -0.130. The number of para-hydroxylation sites is 1. The summed E-state index contributed by atoms with van der Waals surface area (Å²) in [5.41, 5.74) is 9.72. The van der Waals surface area contributed by atoms with Crippen molar-refractivity contribution in [3.8, 4) is 16.9 Å². The molecule has 1 heterocycles. The van der Waals surface area contributed by atoms with E-state index in [1.165, 1.54) is 0 Å². The van der Waals surface area contributed by atoms with Crippen molar-refractivity contribution >= 4 is 18.3 Å². The van der Waals surface area contributed by atoms with E-state index in [4.69, 9.17) is 10.8 Å². The van der Waals surface area contributed by atoms with Crippen LogP contribution in [-0.4, -0.2) is 33.7 Å². The Bertz CT molecular complexity index is 878. The molecule has 28 heavy (non-hydrogen) atoms. The molecule has 1 aromatic heterocycles. The molecule has 1 unspecified atom stereocenters. The zero-order valence-corrected chi connectivity index (χ0v) is 17.1. The van der Waals surface area contributed by atoms with Gasteiger partial charge in [0.25, 0.3) is 0 Å². The van der Waals surface area contributed by atoms with Crippen molar-refractivity contribution in [3.63, 3.8) is 0 Å². The van der Waals surface area contributed by atoms with E-state index in [-0.39, 0.29) is 24.4 Å². The fourth-order valence-electron chi connectivity index (χ4n) is 2.96. The molecule has 0 aliphatic carbocycles. The van der Waals surface area contributed by atoms with E-state index in [2.05, 4.69) is 0 Å². The first-order valence-corrected chi connectivity index (χ1v) is 9.23. The number of nitrogens with zero attached hydrogens (tertiary/aromatic N) is 3. The van der Waals surface area contributed by atoms with E-state index in [0.29, 0.717) is 19.4 Å². The Labute approximate surface area is 172 Å². The first-order valence-electron chi connectivity index (χ1n) is 9.23. The number of nitrogens with two attached hydrogens (primary N) is 1. The zero-order chi connectivity index (χ0) is 19.2. The van der Waals surface area contributed by atoms with Crippen LogP contribution in [0.1, 0.15) is 25.3 Å². The molecule has 3 rings (SSSR count). The maximum absolute atomic E-state index is 12.4. The first-order chi connectivity index (χ1) is 13.0. The minimum absolute atomic E-state index is 0. The Morgan fingerprint density at radius 2 is 1.71 bits per heavy atom. The van der Waals surface area contributed by atoms with Crippen LogP contribution in [0.3, 0.4) is 0 Å². The van der Waals surface area contributed by atoms with Crippen LogP contribution >= 0.6 is 12.4 Å². The summed E-state index contributed by atoms with van der Waals surface area (Å²) in [5.74, 6) is 0.0961. The minimum atomic E-state index is 0. The number of benzene rings is 2. The third-order valence-electron chi connectivity index (χ3n) is 4.50. The van der Waals surface area contributed by atoms with Crippen LogP contribution in [-0.2, 0) is 11.3 Å². The molecular weight excluding hydrogens is 372 g/mol. The Balaban J connectivity index is 0.00000280. The van der Waals surface area contributed by atoms with Crippen molar-refractivity contribution in [2.45, 2.75) is 32.4 Å². The number of carbonyl (C=O) groups excluding carboxylic acids is 1. The van der Waals surface area contributed by atoms with E-state index in [9.17, 15) is 4.79 Å². The van der Waals surface area contributed by atoms with E-state index in [1.54, 1.807) is 4.90 Å². The number of rotatable bonds is 7. The van der Waals surface area contributed by atoms with Crippen LogP contribution in [0, 0.1) is 0 Å². The van der Waals surface area contributed by atoms with E-state index >= 15 is 0 Å². The zero-order valence-electron chi connectivity index (χ0n) is 16.3. The highest BCUT2D eigenvalue weighted by Gasteiger charge is 2.17. The predicted molar refractivity (Wildman–Crippen MR) is 116 cm³/mol. The SMILES string of the molecule is CC(N)CCC(=O)N(C)Cc1cn(-c2ccccc2)nc1-c1ccccc1.Cl. The molecule has 6 heteroatoms. The monoisotopic (exact) mass is 398 g/mol. The molecule has 148 valence electrons. The normalized spacial score (nSPS) is 11.5. The van der Waals surface area contributed by atoms with Gasteiger partial charge in [-0.2, -0.15) is 5.10 Å². The molecule has 5 nitrogen and oxygen atoms in total. The van der Waals surface area contributed by atoms with Gasteiger partial charge in [0.05, 0.1) is 11.4 Å². The van der Waals surface area contributed by atoms with Crippen molar-refractivity contribution in [3.05, 3.63) is 72.4 Å². The highest BCUT2D eigenvalue weighted by molar-refractivity contribution is 5.85. The standard InChI is InChI=1S/C22H26N4O.ClH/c1-17(23)13-14-21(27)25(2)15-19-16-26(20-11-7-4-8-12-20)24-22(19)18-9-5-3-6-10-18;/h3-12,16-17H,13-15,23H2,1-2H3;1H. The molecule has 2 aromatic carbocycles. The number of halogens is 1. The second kappa shape index (κ2) is 10.1. The van der Waals surface area contributed by atoms with Crippen molar-refractivity contribution in [2.24, 2.45) is 5.73 Å². The summed E-state index contributed by atoms with van der Waals surface area (Å²) in [6.45, 7) is 2.43. The van der Waals surface area contributed by atoms with Gasteiger partial charge in [-0.25, -0.2) is 4.68 Å². The summed E-state index contributed by atoms with van der Waals surface area (Å²) in [7, 11) is 1.83. The molecule has 0 spiro atoms. The number of hydrogen-bond acceptors (Lipinski definition) is 3. The third-order valence-corrected chi connectivity index (χ3v) is 4.50. The van der Waals surface area contributed by atoms with Crippen LogP contribution in [0.5, 0.6) is 0 Å². The van der Waals surface area contributed by atoms with Gasteiger partial charge in [0.2, 0.25) is 5.91 Å².